The average molecular weight is 399 g/mol. The van der Waals surface area contributed by atoms with Crippen molar-refractivity contribution in [3.05, 3.63) is 35.4 Å². The molecule has 3 fully saturated rings. The smallest absolute Gasteiger partial charge is 0.226 e. The Kier molecular flexibility index (Phi) is 6.53. The average Bonchev–Trinajstić information content (AvgIpc) is 3.59. The fourth-order valence-corrected chi connectivity index (χ4v) is 4.71. The molecule has 3 aliphatic rings. The Morgan fingerprint density at radius 3 is 2.17 bits per heavy atom. The molecule has 0 N–H and O–H groups in total. The van der Waals surface area contributed by atoms with Gasteiger partial charge in [0.2, 0.25) is 11.8 Å². The Bertz CT molecular complexity index is 699. The number of nitrogens with zero attached hydrogens (tertiary/aromatic N) is 2. The van der Waals surface area contributed by atoms with Gasteiger partial charge in [-0.2, -0.15) is 0 Å². The summed E-state index contributed by atoms with van der Waals surface area (Å²) < 4.78 is 5.43. The van der Waals surface area contributed by atoms with E-state index in [-0.39, 0.29) is 11.8 Å². The molecule has 0 unspecified atom stereocenters. The number of rotatable bonds is 6. The van der Waals surface area contributed by atoms with E-state index in [1.165, 1.54) is 11.1 Å². The SMILES string of the molecule is CC(=O)N1CCC(Cc2ccc(CN(C(=O)C3CCOCC3)C3CC3)cc2)CC1. The molecule has 1 aromatic carbocycles. The van der Waals surface area contributed by atoms with Crippen LogP contribution in [0.1, 0.15) is 56.6 Å². The first-order chi connectivity index (χ1) is 14.1. The first-order valence-electron chi connectivity index (χ1n) is 11.3. The number of amides is 2. The molecule has 29 heavy (non-hydrogen) atoms. The number of carbonyl (C=O) groups excluding carboxylic acids is 2. The Hall–Kier alpha value is -1.88. The van der Waals surface area contributed by atoms with E-state index in [2.05, 4.69) is 29.2 Å². The first kappa shape index (κ1) is 20.4. The molecule has 2 amide bonds. The van der Waals surface area contributed by atoms with E-state index in [9.17, 15) is 9.59 Å². The molecule has 5 nitrogen and oxygen atoms in total. The molecule has 2 heterocycles. The van der Waals surface area contributed by atoms with Crippen molar-refractivity contribution in [1.82, 2.24) is 9.80 Å². The van der Waals surface area contributed by atoms with E-state index < -0.39 is 0 Å². The Morgan fingerprint density at radius 1 is 0.966 bits per heavy atom. The minimum atomic E-state index is 0.143. The van der Waals surface area contributed by atoms with Crippen molar-refractivity contribution >= 4 is 11.8 Å². The molecule has 158 valence electrons. The van der Waals surface area contributed by atoms with Crippen LogP contribution in [-0.4, -0.2) is 54.0 Å². The summed E-state index contributed by atoms with van der Waals surface area (Å²) in [7, 11) is 0. The molecular weight excluding hydrogens is 364 g/mol. The molecular formula is C24H34N2O3. The van der Waals surface area contributed by atoms with Crippen LogP contribution < -0.4 is 0 Å². The molecule has 5 heteroatoms. The van der Waals surface area contributed by atoms with E-state index in [0.717, 1.165) is 77.8 Å². The molecule has 1 aromatic rings. The summed E-state index contributed by atoms with van der Waals surface area (Å²) in [4.78, 5) is 28.6. The normalized spacial score (nSPS) is 21.2. The first-order valence-corrected chi connectivity index (χ1v) is 11.3. The number of benzene rings is 1. The second-order valence-electron chi connectivity index (χ2n) is 9.05. The number of hydrogen-bond donors (Lipinski definition) is 0. The quantitative estimate of drug-likeness (QED) is 0.738. The van der Waals surface area contributed by atoms with Gasteiger partial charge in [-0.25, -0.2) is 0 Å². The van der Waals surface area contributed by atoms with E-state index in [0.29, 0.717) is 17.9 Å². The zero-order valence-corrected chi connectivity index (χ0v) is 17.6. The van der Waals surface area contributed by atoms with Gasteiger partial charge >= 0.3 is 0 Å². The van der Waals surface area contributed by atoms with Crippen LogP contribution in [0.3, 0.4) is 0 Å². The van der Waals surface area contributed by atoms with E-state index in [4.69, 9.17) is 4.74 Å². The largest absolute Gasteiger partial charge is 0.381 e. The highest BCUT2D eigenvalue weighted by Gasteiger charge is 2.36. The van der Waals surface area contributed by atoms with Gasteiger partial charge in [0.05, 0.1) is 0 Å². The third-order valence-electron chi connectivity index (χ3n) is 6.80. The van der Waals surface area contributed by atoms with Crippen molar-refractivity contribution in [2.45, 2.75) is 64.5 Å². The lowest BCUT2D eigenvalue weighted by molar-refractivity contribution is -0.139. The van der Waals surface area contributed by atoms with Crippen molar-refractivity contribution in [1.29, 1.82) is 0 Å². The minimum Gasteiger partial charge on any atom is -0.381 e. The van der Waals surface area contributed by atoms with Crippen LogP contribution >= 0.6 is 0 Å². The van der Waals surface area contributed by atoms with Crippen LogP contribution in [0.25, 0.3) is 0 Å². The van der Waals surface area contributed by atoms with Gasteiger partial charge in [0, 0.05) is 51.7 Å². The monoisotopic (exact) mass is 398 g/mol. The number of ether oxygens (including phenoxy) is 1. The van der Waals surface area contributed by atoms with Gasteiger partial charge in [0.1, 0.15) is 0 Å². The van der Waals surface area contributed by atoms with Gasteiger partial charge in [-0.3, -0.25) is 9.59 Å². The molecule has 1 aliphatic carbocycles. The lowest BCUT2D eigenvalue weighted by Gasteiger charge is -2.31. The summed E-state index contributed by atoms with van der Waals surface area (Å²) in [5.41, 5.74) is 2.59. The van der Waals surface area contributed by atoms with Crippen molar-refractivity contribution in [3.8, 4) is 0 Å². The van der Waals surface area contributed by atoms with Crippen molar-refractivity contribution in [3.63, 3.8) is 0 Å². The lowest BCUT2D eigenvalue weighted by Crippen LogP contribution is -2.39. The van der Waals surface area contributed by atoms with Crippen molar-refractivity contribution < 1.29 is 14.3 Å². The van der Waals surface area contributed by atoms with Gasteiger partial charge < -0.3 is 14.5 Å². The second kappa shape index (κ2) is 9.29. The zero-order chi connectivity index (χ0) is 20.2. The summed E-state index contributed by atoms with van der Waals surface area (Å²) >= 11 is 0. The fourth-order valence-electron chi connectivity index (χ4n) is 4.71. The lowest BCUT2D eigenvalue weighted by atomic mass is 9.90. The van der Waals surface area contributed by atoms with Crippen LogP contribution in [0.15, 0.2) is 24.3 Å². The molecule has 4 rings (SSSR count). The summed E-state index contributed by atoms with van der Waals surface area (Å²) in [5.74, 6) is 1.33. The summed E-state index contributed by atoms with van der Waals surface area (Å²) in [6.45, 7) is 5.62. The molecule has 0 aromatic heterocycles. The van der Waals surface area contributed by atoms with Crippen LogP contribution in [0.2, 0.25) is 0 Å². The Morgan fingerprint density at radius 2 is 1.59 bits per heavy atom. The molecule has 0 radical (unpaired) electrons. The van der Waals surface area contributed by atoms with Crippen LogP contribution in [-0.2, 0) is 27.3 Å². The summed E-state index contributed by atoms with van der Waals surface area (Å²) in [5, 5.41) is 0. The predicted molar refractivity (Wildman–Crippen MR) is 112 cm³/mol. The predicted octanol–water partition coefficient (Wildman–Crippen LogP) is 3.41. The molecule has 1 saturated carbocycles. The Balaban J connectivity index is 1.31. The molecule has 2 aliphatic heterocycles. The molecule has 0 bridgehead atoms. The van der Waals surface area contributed by atoms with E-state index in [1.807, 2.05) is 4.90 Å². The summed E-state index contributed by atoms with van der Waals surface area (Å²) in [6.07, 6.45) is 7.29. The number of likely N-dealkylation sites (tertiary alicyclic amines) is 1. The maximum Gasteiger partial charge on any atom is 0.226 e. The molecule has 0 spiro atoms. The highest BCUT2D eigenvalue weighted by molar-refractivity contribution is 5.79. The van der Waals surface area contributed by atoms with Gasteiger partial charge in [0.15, 0.2) is 0 Å². The van der Waals surface area contributed by atoms with Crippen molar-refractivity contribution in [2.24, 2.45) is 11.8 Å². The minimum absolute atomic E-state index is 0.143. The summed E-state index contributed by atoms with van der Waals surface area (Å²) in [6, 6.07) is 9.31. The second-order valence-corrected chi connectivity index (χ2v) is 9.05. The number of hydrogen-bond acceptors (Lipinski definition) is 3. The standard InChI is InChI=1S/C24H34N2O3/c1-18(27)25-12-8-20(9-13-25)16-19-2-4-21(5-3-19)17-26(23-6-7-23)24(28)22-10-14-29-15-11-22/h2-5,20,22-23H,6-17H2,1H3. The number of carbonyl (C=O) groups is 2. The maximum absolute atomic E-state index is 13.0. The van der Waals surface area contributed by atoms with Gasteiger partial charge in [0.25, 0.3) is 0 Å². The maximum atomic E-state index is 13.0. The van der Waals surface area contributed by atoms with Crippen LogP contribution in [0.5, 0.6) is 0 Å². The van der Waals surface area contributed by atoms with Gasteiger partial charge in [-0.15, -0.1) is 0 Å². The molecule has 2 saturated heterocycles. The number of piperidine rings is 1. The fraction of sp³-hybridized carbons (Fsp3) is 0.667. The highest BCUT2D eigenvalue weighted by Crippen LogP contribution is 2.32. The van der Waals surface area contributed by atoms with E-state index >= 15 is 0 Å². The van der Waals surface area contributed by atoms with E-state index in [1.54, 1.807) is 6.92 Å². The topological polar surface area (TPSA) is 49.9 Å². The Labute approximate surface area is 174 Å². The van der Waals surface area contributed by atoms with Crippen LogP contribution in [0.4, 0.5) is 0 Å². The third-order valence-corrected chi connectivity index (χ3v) is 6.80. The highest BCUT2D eigenvalue weighted by atomic mass is 16.5. The van der Waals surface area contributed by atoms with Gasteiger partial charge in [-0.1, -0.05) is 24.3 Å². The zero-order valence-electron chi connectivity index (χ0n) is 17.6. The van der Waals surface area contributed by atoms with Crippen molar-refractivity contribution in [2.75, 3.05) is 26.3 Å². The third kappa shape index (κ3) is 5.39. The van der Waals surface area contributed by atoms with Gasteiger partial charge in [-0.05, 0) is 62.0 Å². The molecule has 0 atom stereocenters. The van der Waals surface area contributed by atoms with Crippen LogP contribution in [0, 0.1) is 11.8 Å².